The Morgan fingerprint density at radius 2 is 1.59 bits per heavy atom. The van der Waals surface area contributed by atoms with E-state index in [1.54, 1.807) is 6.92 Å². The fourth-order valence-electron chi connectivity index (χ4n) is 3.27. The lowest BCUT2D eigenvalue weighted by Crippen LogP contribution is -2.44. The molecule has 1 aliphatic rings. The summed E-state index contributed by atoms with van der Waals surface area (Å²) in [5, 5.41) is 0. The van der Waals surface area contributed by atoms with Crippen LogP contribution in [0, 0.1) is 0 Å². The highest BCUT2D eigenvalue weighted by Gasteiger charge is 2.27. The Kier molecular flexibility index (Phi) is 9.31. The maximum atomic E-state index is 12.9. The number of amides is 1. The van der Waals surface area contributed by atoms with Crippen molar-refractivity contribution < 1.29 is 33.4 Å². The molecule has 1 amide bonds. The average Bonchev–Trinajstić information content (AvgIpc) is 2.75. The van der Waals surface area contributed by atoms with Gasteiger partial charge in [0.05, 0.1) is 12.5 Å². The van der Waals surface area contributed by atoms with Gasteiger partial charge in [-0.25, -0.2) is 4.79 Å². The van der Waals surface area contributed by atoms with Crippen molar-refractivity contribution >= 4 is 29.4 Å². The number of Topliss-reactive ketones (excluding diaryl/α,β-unsaturated/α-hetero) is 1. The van der Waals surface area contributed by atoms with Gasteiger partial charge in [-0.1, -0.05) is 30.3 Å². The Labute approximate surface area is 187 Å². The molecular formula is C24H29NO7. The molecule has 172 valence electrons. The van der Waals surface area contributed by atoms with Crippen LogP contribution in [-0.2, 0) is 39.9 Å². The van der Waals surface area contributed by atoms with Gasteiger partial charge in [-0.15, -0.1) is 0 Å². The van der Waals surface area contributed by atoms with E-state index in [0.29, 0.717) is 6.42 Å². The predicted molar refractivity (Wildman–Crippen MR) is 115 cm³/mol. The van der Waals surface area contributed by atoms with Gasteiger partial charge >= 0.3 is 11.9 Å². The molecule has 0 fully saturated rings. The molecule has 0 aliphatic carbocycles. The molecule has 1 heterocycles. The van der Waals surface area contributed by atoms with Gasteiger partial charge in [0.1, 0.15) is 6.10 Å². The molecule has 0 saturated heterocycles. The maximum absolute atomic E-state index is 12.9. The molecule has 0 radical (unpaired) electrons. The Hall–Kier alpha value is -3.29. The van der Waals surface area contributed by atoms with Crippen molar-refractivity contribution in [3.05, 3.63) is 48.0 Å². The topological polar surface area (TPSA) is 107 Å². The fraction of sp³-hybridized carbons (Fsp3) is 0.458. The number of carbonyl (C=O) groups excluding carboxylic acids is 5. The summed E-state index contributed by atoms with van der Waals surface area (Å²) in [6, 6.07) is 8.67. The molecule has 8 heteroatoms. The normalized spacial score (nSPS) is 25.3. The van der Waals surface area contributed by atoms with Crippen LogP contribution in [-0.4, -0.2) is 59.1 Å². The molecular weight excluding hydrogens is 414 g/mol. The first-order chi connectivity index (χ1) is 15.2. The lowest BCUT2D eigenvalue weighted by atomic mass is 10.1. The van der Waals surface area contributed by atoms with Crippen LogP contribution in [0.1, 0.15) is 45.6 Å². The van der Waals surface area contributed by atoms with Crippen LogP contribution in [0.3, 0.4) is 0 Å². The van der Waals surface area contributed by atoms with E-state index < -0.39 is 41.8 Å². The monoisotopic (exact) mass is 443 g/mol. The molecule has 3 atom stereocenters. The van der Waals surface area contributed by atoms with Gasteiger partial charge in [-0.05, 0) is 38.8 Å². The van der Waals surface area contributed by atoms with Crippen molar-refractivity contribution in [2.75, 3.05) is 6.54 Å². The molecule has 8 nitrogen and oxygen atoms in total. The van der Waals surface area contributed by atoms with E-state index in [4.69, 9.17) is 9.47 Å². The molecule has 32 heavy (non-hydrogen) atoms. The van der Waals surface area contributed by atoms with E-state index in [9.17, 15) is 24.0 Å². The SMILES string of the molecule is CC1CC(=O)O[C@@H](C)C(=O)CCC(=O)N(CCc2ccccc2)[C@@H](C)C(=O)/C=C/C(=O)O1. The molecule has 0 spiro atoms. The largest absolute Gasteiger partial charge is 0.459 e. The summed E-state index contributed by atoms with van der Waals surface area (Å²) < 4.78 is 10.2. The zero-order chi connectivity index (χ0) is 23.7. The Balaban J connectivity index is 2.23. The third-order valence-electron chi connectivity index (χ3n) is 5.19. The summed E-state index contributed by atoms with van der Waals surface area (Å²) >= 11 is 0. The third kappa shape index (κ3) is 7.76. The van der Waals surface area contributed by atoms with E-state index in [0.717, 1.165) is 17.7 Å². The van der Waals surface area contributed by atoms with E-state index in [1.165, 1.54) is 18.7 Å². The minimum absolute atomic E-state index is 0.115. The molecule has 0 bridgehead atoms. The molecule has 1 aliphatic heterocycles. The standard InChI is InChI=1S/C24H29NO7/c1-16-15-24(30)32-18(3)21(27)9-11-22(28)25(14-13-19-7-5-4-6-8-19)17(2)20(26)10-12-23(29)31-16/h4-8,10,12,16-18H,9,11,13-15H2,1-3H3/b12-10+/t16?,17-,18-/m0/s1. The second-order valence-corrected chi connectivity index (χ2v) is 7.78. The van der Waals surface area contributed by atoms with Crippen molar-refractivity contribution in [2.45, 2.75) is 64.7 Å². The van der Waals surface area contributed by atoms with Gasteiger partial charge in [0, 0.05) is 25.5 Å². The first-order valence-corrected chi connectivity index (χ1v) is 10.7. The molecule has 0 N–H and O–H groups in total. The quantitative estimate of drug-likeness (QED) is 0.659. The van der Waals surface area contributed by atoms with Crippen molar-refractivity contribution in [2.24, 2.45) is 0 Å². The van der Waals surface area contributed by atoms with Gasteiger partial charge in [0.25, 0.3) is 0 Å². The van der Waals surface area contributed by atoms with Crippen molar-refractivity contribution in [3.63, 3.8) is 0 Å². The number of hydrogen-bond donors (Lipinski definition) is 0. The van der Waals surface area contributed by atoms with Gasteiger partial charge in [0.15, 0.2) is 17.7 Å². The number of carbonyl (C=O) groups is 5. The van der Waals surface area contributed by atoms with E-state index in [2.05, 4.69) is 0 Å². The summed E-state index contributed by atoms with van der Waals surface area (Å²) in [7, 11) is 0. The van der Waals surface area contributed by atoms with Gasteiger partial charge < -0.3 is 14.4 Å². The number of ketones is 2. The summed E-state index contributed by atoms with van der Waals surface area (Å²) in [6.45, 7) is 4.80. The Bertz CT molecular complexity index is 878. The second kappa shape index (κ2) is 11.9. The molecule has 1 aromatic carbocycles. The van der Waals surface area contributed by atoms with Crippen LogP contribution < -0.4 is 0 Å². The molecule has 0 saturated carbocycles. The highest BCUT2D eigenvalue weighted by atomic mass is 16.6. The number of nitrogens with zero attached hydrogens (tertiary/aromatic N) is 1. The highest BCUT2D eigenvalue weighted by molar-refractivity contribution is 6.00. The second-order valence-electron chi connectivity index (χ2n) is 7.78. The van der Waals surface area contributed by atoms with Gasteiger partial charge in [-0.2, -0.15) is 0 Å². The first-order valence-electron chi connectivity index (χ1n) is 10.7. The highest BCUT2D eigenvalue weighted by Crippen LogP contribution is 2.12. The third-order valence-corrected chi connectivity index (χ3v) is 5.19. The Morgan fingerprint density at radius 3 is 2.28 bits per heavy atom. The van der Waals surface area contributed by atoms with Crippen LogP contribution in [0.4, 0.5) is 0 Å². The lowest BCUT2D eigenvalue weighted by molar-refractivity contribution is -0.158. The smallest absolute Gasteiger partial charge is 0.331 e. The number of rotatable bonds is 3. The van der Waals surface area contributed by atoms with Crippen LogP contribution in [0.2, 0.25) is 0 Å². The van der Waals surface area contributed by atoms with Crippen LogP contribution in [0.5, 0.6) is 0 Å². The molecule has 1 aromatic rings. The summed E-state index contributed by atoms with van der Waals surface area (Å²) in [4.78, 5) is 63.2. The fourth-order valence-corrected chi connectivity index (χ4v) is 3.27. The minimum atomic E-state index is -1.03. The lowest BCUT2D eigenvalue weighted by Gasteiger charge is -2.28. The number of esters is 2. The molecule has 0 aromatic heterocycles. The number of hydrogen-bond acceptors (Lipinski definition) is 7. The molecule has 1 unspecified atom stereocenters. The number of cyclic esters (lactones) is 2. The van der Waals surface area contributed by atoms with Crippen molar-refractivity contribution in [1.82, 2.24) is 4.90 Å². The van der Waals surface area contributed by atoms with E-state index >= 15 is 0 Å². The number of ether oxygens (including phenoxy) is 2. The summed E-state index contributed by atoms with van der Waals surface area (Å²) in [6.07, 6.45) is 0.307. The zero-order valence-corrected chi connectivity index (χ0v) is 18.6. The van der Waals surface area contributed by atoms with Crippen molar-refractivity contribution in [3.8, 4) is 0 Å². The summed E-state index contributed by atoms with van der Waals surface area (Å²) in [5.74, 6) is -2.69. The summed E-state index contributed by atoms with van der Waals surface area (Å²) in [5.41, 5.74) is 0.997. The van der Waals surface area contributed by atoms with Gasteiger partial charge in [-0.3, -0.25) is 19.2 Å². The van der Waals surface area contributed by atoms with E-state index in [1.807, 2.05) is 30.3 Å². The maximum Gasteiger partial charge on any atom is 0.331 e. The average molecular weight is 443 g/mol. The Morgan fingerprint density at radius 1 is 0.906 bits per heavy atom. The van der Waals surface area contributed by atoms with Gasteiger partial charge in [0.2, 0.25) is 5.91 Å². The number of benzene rings is 1. The molecule has 2 rings (SSSR count). The van der Waals surface area contributed by atoms with E-state index in [-0.39, 0.29) is 31.7 Å². The first kappa shape index (κ1) is 25.0. The van der Waals surface area contributed by atoms with Crippen molar-refractivity contribution in [1.29, 1.82) is 0 Å². The zero-order valence-electron chi connectivity index (χ0n) is 18.6. The van der Waals surface area contributed by atoms with Crippen LogP contribution in [0.15, 0.2) is 42.5 Å². The van der Waals surface area contributed by atoms with Crippen LogP contribution in [0.25, 0.3) is 0 Å². The van der Waals surface area contributed by atoms with Crippen LogP contribution >= 0.6 is 0 Å². The minimum Gasteiger partial charge on any atom is -0.459 e. The predicted octanol–water partition coefficient (Wildman–Crippen LogP) is 2.19.